The van der Waals surface area contributed by atoms with Gasteiger partial charge in [-0.1, -0.05) is 12.1 Å². The number of hydrogen-bond acceptors (Lipinski definition) is 4. The SMILES string of the molecule is COc1ccc(C=CC(=O)N2CCCC(Oc3ccncc3)C2)cc1. The van der Waals surface area contributed by atoms with Crippen LogP contribution in [-0.2, 0) is 4.79 Å². The van der Waals surface area contributed by atoms with Crippen LogP contribution in [0.15, 0.2) is 54.9 Å². The maximum Gasteiger partial charge on any atom is 0.246 e. The number of methoxy groups -OCH3 is 1. The van der Waals surface area contributed by atoms with Gasteiger partial charge in [0.05, 0.1) is 13.7 Å². The minimum absolute atomic E-state index is 0.0128. The number of amides is 1. The van der Waals surface area contributed by atoms with E-state index >= 15 is 0 Å². The van der Waals surface area contributed by atoms with E-state index in [1.807, 2.05) is 47.4 Å². The fraction of sp³-hybridized carbons (Fsp3) is 0.300. The summed E-state index contributed by atoms with van der Waals surface area (Å²) in [6, 6.07) is 11.3. The van der Waals surface area contributed by atoms with Crippen molar-refractivity contribution in [3.8, 4) is 11.5 Å². The molecule has 2 aromatic rings. The molecule has 1 unspecified atom stereocenters. The minimum Gasteiger partial charge on any atom is -0.497 e. The lowest BCUT2D eigenvalue weighted by molar-refractivity contribution is -0.128. The Morgan fingerprint density at radius 1 is 1.16 bits per heavy atom. The summed E-state index contributed by atoms with van der Waals surface area (Å²) in [4.78, 5) is 18.3. The van der Waals surface area contributed by atoms with Crippen LogP contribution in [0.25, 0.3) is 6.08 Å². The van der Waals surface area contributed by atoms with Crippen molar-refractivity contribution >= 4 is 12.0 Å². The van der Waals surface area contributed by atoms with Gasteiger partial charge in [0.2, 0.25) is 5.91 Å². The molecule has 5 heteroatoms. The van der Waals surface area contributed by atoms with Crippen LogP contribution in [0.3, 0.4) is 0 Å². The van der Waals surface area contributed by atoms with Gasteiger partial charge in [0.25, 0.3) is 0 Å². The first kappa shape index (κ1) is 17.0. The molecule has 0 N–H and O–H groups in total. The van der Waals surface area contributed by atoms with Gasteiger partial charge < -0.3 is 14.4 Å². The van der Waals surface area contributed by atoms with Crippen molar-refractivity contribution < 1.29 is 14.3 Å². The minimum atomic E-state index is 0.0128. The maximum atomic E-state index is 12.4. The van der Waals surface area contributed by atoms with Crippen molar-refractivity contribution in [3.63, 3.8) is 0 Å². The van der Waals surface area contributed by atoms with Gasteiger partial charge in [0.1, 0.15) is 17.6 Å². The van der Waals surface area contributed by atoms with Gasteiger partial charge in [-0.3, -0.25) is 9.78 Å². The monoisotopic (exact) mass is 338 g/mol. The van der Waals surface area contributed by atoms with Gasteiger partial charge in [-0.2, -0.15) is 0 Å². The van der Waals surface area contributed by atoms with Crippen molar-refractivity contribution in [2.24, 2.45) is 0 Å². The molecule has 1 saturated heterocycles. The highest BCUT2D eigenvalue weighted by Gasteiger charge is 2.23. The van der Waals surface area contributed by atoms with Crippen LogP contribution in [0.1, 0.15) is 18.4 Å². The summed E-state index contributed by atoms with van der Waals surface area (Å²) in [6.07, 6.45) is 8.78. The lowest BCUT2D eigenvalue weighted by Gasteiger charge is -2.32. The maximum absolute atomic E-state index is 12.4. The smallest absolute Gasteiger partial charge is 0.246 e. The second kappa shape index (κ2) is 8.33. The third-order valence-corrected chi connectivity index (χ3v) is 4.18. The van der Waals surface area contributed by atoms with Crippen molar-refractivity contribution in [3.05, 3.63) is 60.4 Å². The number of rotatable bonds is 5. The van der Waals surface area contributed by atoms with Crippen LogP contribution in [0, 0.1) is 0 Å². The standard InChI is InChI=1S/C20H22N2O3/c1-24-17-7-4-16(5-8-17)6-9-20(23)22-14-2-3-19(15-22)25-18-10-12-21-13-11-18/h4-13,19H,2-3,14-15H2,1H3. The molecule has 5 nitrogen and oxygen atoms in total. The third kappa shape index (κ3) is 4.83. The molecule has 0 aliphatic carbocycles. The molecule has 25 heavy (non-hydrogen) atoms. The second-order valence-electron chi connectivity index (χ2n) is 5.96. The number of carbonyl (C=O) groups excluding carboxylic acids is 1. The van der Waals surface area contributed by atoms with Crippen molar-refractivity contribution in [1.82, 2.24) is 9.88 Å². The average molecular weight is 338 g/mol. The number of nitrogens with zero attached hydrogens (tertiary/aromatic N) is 2. The second-order valence-corrected chi connectivity index (χ2v) is 5.96. The summed E-state index contributed by atoms with van der Waals surface area (Å²) >= 11 is 0. The summed E-state index contributed by atoms with van der Waals surface area (Å²) in [7, 11) is 1.63. The van der Waals surface area contributed by atoms with E-state index in [0.717, 1.165) is 36.4 Å². The lowest BCUT2D eigenvalue weighted by Crippen LogP contribution is -2.43. The summed E-state index contributed by atoms with van der Waals surface area (Å²) < 4.78 is 11.1. The highest BCUT2D eigenvalue weighted by Crippen LogP contribution is 2.18. The first-order valence-electron chi connectivity index (χ1n) is 8.42. The van der Waals surface area contributed by atoms with E-state index in [9.17, 15) is 4.79 Å². The molecule has 1 aliphatic rings. The molecule has 1 fully saturated rings. The molecular weight excluding hydrogens is 316 g/mol. The van der Waals surface area contributed by atoms with Crippen LogP contribution in [0.5, 0.6) is 11.5 Å². The molecule has 1 aromatic heterocycles. The normalized spacial score (nSPS) is 17.5. The Morgan fingerprint density at radius 2 is 1.92 bits per heavy atom. The van der Waals surface area contributed by atoms with Crippen LogP contribution >= 0.6 is 0 Å². The number of pyridine rings is 1. The average Bonchev–Trinajstić information content (AvgIpc) is 2.67. The Morgan fingerprint density at radius 3 is 2.64 bits per heavy atom. The summed E-state index contributed by atoms with van der Waals surface area (Å²) in [5.74, 6) is 1.61. The summed E-state index contributed by atoms with van der Waals surface area (Å²) in [6.45, 7) is 1.37. The molecule has 0 saturated carbocycles. The predicted molar refractivity (Wildman–Crippen MR) is 96.5 cm³/mol. The quantitative estimate of drug-likeness (QED) is 0.786. The Labute approximate surface area is 147 Å². The number of aromatic nitrogens is 1. The highest BCUT2D eigenvalue weighted by molar-refractivity contribution is 5.91. The van der Waals surface area contributed by atoms with Crippen LogP contribution in [-0.4, -0.2) is 42.1 Å². The summed E-state index contributed by atoms with van der Waals surface area (Å²) in [5.41, 5.74) is 0.968. The third-order valence-electron chi connectivity index (χ3n) is 4.18. The Hall–Kier alpha value is -2.82. The number of hydrogen-bond donors (Lipinski definition) is 0. The Balaban J connectivity index is 1.56. The number of carbonyl (C=O) groups is 1. The van der Waals surface area contributed by atoms with E-state index in [0.29, 0.717) is 6.54 Å². The van der Waals surface area contributed by atoms with E-state index in [1.54, 1.807) is 25.6 Å². The van der Waals surface area contributed by atoms with Crippen LogP contribution < -0.4 is 9.47 Å². The zero-order valence-corrected chi connectivity index (χ0v) is 14.3. The fourth-order valence-electron chi connectivity index (χ4n) is 2.83. The van der Waals surface area contributed by atoms with Crippen molar-refractivity contribution in [2.75, 3.05) is 20.2 Å². The molecule has 1 aliphatic heterocycles. The number of likely N-dealkylation sites (tertiary alicyclic amines) is 1. The predicted octanol–water partition coefficient (Wildman–Crippen LogP) is 3.17. The molecule has 3 rings (SSSR count). The van der Waals surface area contributed by atoms with E-state index in [2.05, 4.69) is 4.98 Å². The number of ether oxygens (including phenoxy) is 2. The zero-order chi connectivity index (χ0) is 17.5. The van der Waals surface area contributed by atoms with Gasteiger partial charge in [-0.15, -0.1) is 0 Å². The molecule has 0 bridgehead atoms. The van der Waals surface area contributed by atoms with E-state index in [-0.39, 0.29) is 12.0 Å². The highest BCUT2D eigenvalue weighted by atomic mass is 16.5. The van der Waals surface area contributed by atoms with Crippen LogP contribution in [0.4, 0.5) is 0 Å². The largest absolute Gasteiger partial charge is 0.497 e. The number of benzene rings is 1. The molecule has 130 valence electrons. The van der Waals surface area contributed by atoms with Gasteiger partial charge >= 0.3 is 0 Å². The van der Waals surface area contributed by atoms with E-state index in [4.69, 9.17) is 9.47 Å². The molecular formula is C20H22N2O3. The van der Waals surface area contributed by atoms with Crippen molar-refractivity contribution in [2.45, 2.75) is 18.9 Å². The Kier molecular flexibility index (Phi) is 5.67. The molecule has 2 heterocycles. The summed E-state index contributed by atoms with van der Waals surface area (Å²) in [5, 5.41) is 0. The first-order chi connectivity index (χ1) is 12.2. The molecule has 0 radical (unpaired) electrons. The molecule has 1 amide bonds. The van der Waals surface area contributed by atoms with Gasteiger partial charge in [-0.05, 0) is 48.7 Å². The first-order valence-corrected chi connectivity index (χ1v) is 8.42. The van der Waals surface area contributed by atoms with Gasteiger partial charge in [0.15, 0.2) is 0 Å². The molecule has 1 aromatic carbocycles. The van der Waals surface area contributed by atoms with E-state index in [1.165, 1.54) is 0 Å². The topological polar surface area (TPSA) is 51.7 Å². The Bertz CT molecular complexity index is 713. The molecule has 0 spiro atoms. The zero-order valence-electron chi connectivity index (χ0n) is 14.3. The van der Waals surface area contributed by atoms with E-state index < -0.39 is 0 Å². The van der Waals surface area contributed by atoms with Crippen LogP contribution in [0.2, 0.25) is 0 Å². The van der Waals surface area contributed by atoms with Crippen molar-refractivity contribution in [1.29, 1.82) is 0 Å². The van der Waals surface area contributed by atoms with Gasteiger partial charge in [0, 0.05) is 25.0 Å². The molecule has 1 atom stereocenters. The van der Waals surface area contributed by atoms with Gasteiger partial charge in [-0.25, -0.2) is 0 Å². The fourth-order valence-corrected chi connectivity index (χ4v) is 2.83. The number of piperidine rings is 1. The lowest BCUT2D eigenvalue weighted by atomic mass is 10.1.